The van der Waals surface area contributed by atoms with Gasteiger partial charge in [-0.3, -0.25) is 10.4 Å². The van der Waals surface area contributed by atoms with E-state index >= 15 is 0 Å². The number of nitrogens with one attached hydrogen (secondary N) is 3. The highest BCUT2D eigenvalue weighted by atomic mass is 16.6. The quantitative estimate of drug-likeness (QED) is 0.790. The van der Waals surface area contributed by atoms with E-state index in [4.69, 9.17) is 4.74 Å². The zero-order valence-electron chi connectivity index (χ0n) is 14.1. The van der Waals surface area contributed by atoms with Crippen molar-refractivity contribution < 1.29 is 9.53 Å². The Balaban J connectivity index is 1.86. The Morgan fingerprint density at radius 2 is 1.91 bits per heavy atom. The lowest BCUT2D eigenvalue weighted by molar-refractivity contribution is 0.0635. The molecule has 2 aromatic rings. The van der Waals surface area contributed by atoms with Crippen LogP contribution >= 0.6 is 0 Å². The normalized spacial score (nSPS) is 11.3. The Hall–Kier alpha value is -2.34. The van der Waals surface area contributed by atoms with Gasteiger partial charge in [0.2, 0.25) is 0 Å². The van der Waals surface area contributed by atoms with Crippen LogP contribution < -0.4 is 10.6 Å². The molecule has 0 aliphatic carbocycles. The molecule has 23 heavy (non-hydrogen) atoms. The number of amides is 1. The van der Waals surface area contributed by atoms with Crippen LogP contribution in [0.1, 0.15) is 37.5 Å². The van der Waals surface area contributed by atoms with E-state index in [-0.39, 0.29) is 0 Å². The highest BCUT2D eigenvalue weighted by molar-refractivity contribution is 5.84. The van der Waals surface area contributed by atoms with Gasteiger partial charge in [0, 0.05) is 18.7 Å². The number of hydrogen-bond donors (Lipinski definition) is 3. The zero-order valence-corrected chi connectivity index (χ0v) is 14.1. The number of aromatic amines is 1. The van der Waals surface area contributed by atoms with E-state index in [1.807, 2.05) is 20.8 Å². The van der Waals surface area contributed by atoms with Gasteiger partial charge in [0.15, 0.2) is 0 Å². The summed E-state index contributed by atoms with van der Waals surface area (Å²) in [5.74, 6) is 0.552. The van der Waals surface area contributed by atoms with Crippen molar-refractivity contribution in [3.8, 4) is 0 Å². The highest BCUT2D eigenvalue weighted by Gasteiger charge is 2.17. The number of aromatic nitrogens is 2. The average molecular weight is 316 g/mol. The fourth-order valence-corrected chi connectivity index (χ4v) is 2.01. The summed E-state index contributed by atoms with van der Waals surface area (Å²) in [7, 11) is 0. The molecule has 2 rings (SSSR count). The summed E-state index contributed by atoms with van der Waals surface area (Å²) in [4.78, 5) is 11.8. The molecule has 0 aliphatic heterocycles. The predicted octanol–water partition coefficient (Wildman–Crippen LogP) is 3.35. The first-order valence-electron chi connectivity index (χ1n) is 7.62. The van der Waals surface area contributed by atoms with Crippen molar-refractivity contribution in [1.82, 2.24) is 15.5 Å². The molecular formula is C17H24N4O2. The lowest BCUT2D eigenvalue weighted by Crippen LogP contribution is -2.27. The molecule has 6 heteroatoms. The fraction of sp³-hybridized carbons (Fsp3) is 0.412. The Bertz CT molecular complexity index is 641. The standard InChI is InChI=1S/C17H24N4O2/c1-12-5-7-13(8-6-12)9-18-10-14-11-19-21-15(14)20-16(22)23-17(2,3)4/h5-8,11,18H,9-10H2,1-4H3,(H2,19,20,21,22). The lowest BCUT2D eigenvalue weighted by Gasteiger charge is -2.19. The molecule has 0 aliphatic rings. The van der Waals surface area contributed by atoms with Gasteiger partial charge in [-0.15, -0.1) is 0 Å². The minimum Gasteiger partial charge on any atom is -0.444 e. The molecule has 0 spiro atoms. The fourth-order valence-electron chi connectivity index (χ4n) is 2.01. The number of ether oxygens (including phenoxy) is 1. The predicted molar refractivity (Wildman–Crippen MR) is 90.2 cm³/mol. The molecule has 0 fully saturated rings. The van der Waals surface area contributed by atoms with Crippen LogP contribution in [0.5, 0.6) is 0 Å². The molecule has 3 N–H and O–H groups in total. The van der Waals surface area contributed by atoms with Crippen LogP contribution in [0.4, 0.5) is 10.6 Å². The van der Waals surface area contributed by atoms with Gasteiger partial charge in [0.1, 0.15) is 11.4 Å². The number of benzene rings is 1. The summed E-state index contributed by atoms with van der Waals surface area (Å²) in [6.07, 6.45) is 1.19. The second-order valence-electron chi connectivity index (χ2n) is 6.49. The number of carbonyl (C=O) groups is 1. The molecular weight excluding hydrogens is 292 g/mol. The maximum atomic E-state index is 11.8. The molecule has 0 unspecified atom stereocenters. The highest BCUT2D eigenvalue weighted by Crippen LogP contribution is 2.14. The Kier molecular flexibility index (Phi) is 5.39. The summed E-state index contributed by atoms with van der Waals surface area (Å²) < 4.78 is 5.23. The third kappa shape index (κ3) is 5.75. The van der Waals surface area contributed by atoms with Gasteiger partial charge in [-0.2, -0.15) is 5.10 Å². The van der Waals surface area contributed by atoms with Crippen molar-refractivity contribution in [1.29, 1.82) is 0 Å². The third-order valence-electron chi connectivity index (χ3n) is 3.11. The monoisotopic (exact) mass is 316 g/mol. The van der Waals surface area contributed by atoms with Crippen LogP contribution in [-0.2, 0) is 17.8 Å². The van der Waals surface area contributed by atoms with Crippen LogP contribution in [-0.4, -0.2) is 21.9 Å². The maximum Gasteiger partial charge on any atom is 0.413 e. The SMILES string of the molecule is Cc1ccc(CNCc2cn[nH]c2NC(=O)OC(C)(C)C)cc1. The number of anilines is 1. The minimum atomic E-state index is -0.534. The first-order valence-corrected chi connectivity index (χ1v) is 7.62. The van der Waals surface area contributed by atoms with E-state index in [1.54, 1.807) is 6.20 Å². The van der Waals surface area contributed by atoms with Crippen LogP contribution in [0, 0.1) is 6.92 Å². The molecule has 0 radical (unpaired) electrons. The van der Waals surface area contributed by atoms with Crippen molar-refractivity contribution in [3.63, 3.8) is 0 Å². The average Bonchev–Trinajstić information content (AvgIpc) is 2.86. The molecule has 0 bridgehead atoms. The van der Waals surface area contributed by atoms with Crippen LogP contribution in [0.2, 0.25) is 0 Å². The van der Waals surface area contributed by atoms with E-state index in [2.05, 4.69) is 52.0 Å². The van der Waals surface area contributed by atoms with Crippen molar-refractivity contribution >= 4 is 11.9 Å². The second kappa shape index (κ2) is 7.28. The third-order valence-corrected chi connectivity index (χ3v) is 3.11. The van der Waals surface area contributed by atoms with Gasteiger partial charge in [0.05, 0.1) is 6.20 Å². The number of aryl methyl sites for hydroxylation is 1. The summed E-state index contributed by atoms with van der Waals surface area (Å²) in [5.41, 5.74) is 2.80. The molecule has 1 heterocycles. The van der Waals surface area contributed by atoms with Gasteiger partial charge in [0.25, 0.3) is 0 Å². The van der Waals surface area contributed by atoms with Crippen molar-refractivity contribution in [3.05, 3.63) is 47.2 Å². The molecule has 124 valence electrons. The van der Waals surface area contributed by atoms with Crippen LogP contribution in [0.25, 0.3) is 0 Å². The van der Waals surface area contributed by atoms with Gasteiger partial charge in [-0.1, -0.05) is 29.8 Å². The molecule has 1 aromatic heterocycles. The molecule has 1 amide bonds. The van der Waals surface area contributed by atoms with Crippen molar-refractivity contribution in [2.45, 2.75) is 46.4 Å². The Labute approximate surface area is 136 Å². The van der Waals surface area contributed by atoms with E-state index in [0.717, 1.165) is 12.1 Å². The number of hydrogen-bond acceptors (Lipinski definition) is 4. The maximum absolute atomic E-state index is 11.8. The van der Waals surface area contributed by atoms with Gasteiger partial charge in [-0.05, 0) is 33.3 Å². The zero-order chi connectivity index (χ0) is 16.9. The molecule has 0 saturated carbocycles. The number of H-pyrrole nitrogens is 1. The Morgan fingerprint density at radius 1 is 1.22 bits per heavy atom. The number of carbonyl (C=O) groups excluding carboxylic acids is 1. The van der Waals surface area contributed by atoms with Crippen LogP contribution in [0.15, 0.2) is 30.5 Å². The molecule has 0 atom stereocenters. The molecule has 1 aromatic carbocycles. The topological polar surface area (TPSA) is 79.0 Å². The largest absolute Gasteiger partial charge is 0.444 e. The summed E-state index contributed by atoms with van der Waals surface area (Å²) >= 11 is 0. The van der Waals surface area contributed by atoms with Gasteiger partial charge < -0.3 is 10.1 Å². The van der Waals surface area contributed by atoms with E-state index in [9.17, 15) is 4.79 Å². The van der Waals surface area contributed by atoms with Crippen molar-refractivity contribution in [2.24, 2.45) is 0 Å². The smallest absolute Gasteiger partial charge is 0.413 e. The van der Waals surface area contributed by atoms with E-state index in [1.165, 1.54) is 11.1 Å². The Morgan fingerprint density at radius 3 is 2.57 bits per heavy atom. The van der Waals surface area contributed by atoms with Crippen LogP contribution in [0.3, 0.4) is 0 Å². The van der Waals surface area contributed by atoms with Gasteiger partial charge >= 0.3 is 6.09 Å². The van der Waals surface area contributed by atoms with Gasteiger partial charge in [-0.25, -0.2) is 4.79 Å². The summed E-state index contributed by atoms with van der Waals surface area (Å²) in [5, 5.41) is 12.8. The summed E-state index contributed by atoms with van der Waals surface area (Å²) in [6.45, 7) is 8.88. The first kappa shape index (κ1) is 17.0. The van der Waals surface area contributed by atoms with E-state index in [0.29, 0.717) is 12.4 Å². The molecule has 6 nitrogen and oxygen atoms in total. The minimum absolute atomic E-state index is 0.499. The summed E-state index contributed by atoms with van der Waals surface area (Å²) in [6, 6.07) is 8.36. The number of nitrogens with zero attached hydrogens (tertiary/aromatic N) is 1. The lowest BCUT2D eigenvalue weighted by atomic mass is 10.1. The van der Waals surface area contributed by atoms with Crippen molar-refractivity contribution in [2.75, 3.05) is 5.32 Å². The first-order chi connectivity index (χ1) is 10.8. The number of rotatable bonds is 5. The second-order valence-corrected chi connectivity index (χ2v) is 6.49. The van der Waals surface area contributed by atoms with E-state index < -0.39 is 11.7 Å². The molecule has 0 saturated heterocycles.